The van der Waals surface area contributed by atoms with Crippen LogP contribution in [0.25, 0.3) is 0 Å². The molecule has 1 heterocycles. The summed E-state index contributed by atoms with van der Waals surface area (Å²) in [5.74, 6) is 0.00546. The smallest absolute Gasteiger partial charge is 0.267 e. The number of halogens is 1. The van der Waals surface area contributed by atoms with Gasteiger partial charge in [-0.15, -0.1) is 0 Å². The molecule has 5 heteroatoms. The van der Waals surface area contributed by atoms with E-state index < -0.39 is 0 Å². The van der Waals surface area contributed by atoms with Crippen LogP contribution in [0.4, 0.5) is 0 Å². The topological polar surface area (TPSA) is 43.3 Å². The highest BCUT2D eigenvalue weighted by Crippen LogP contribution is 2.15. The van der Waals surface area contributed by atoms with Crippen molar-refractivity contribution in [2.24, 2.45) is 0 Å². The first kappa shape index (κ1) is 16.2. The van der Waals surface area contributed by atoms with Crippen LogP contribution in [0, 0.1) is 0 Å². The van der Waals surface area contributed by atoms with E-state index in [9.17, 15) is 4.79 Å². The van der Waals surface area contributed by atoms with E-state index in [2.05, 4.69) is 28.2 Å². The number of nitrogens with zero attached hydrogens (tertiary/aromatic N) is 1. The molecule has 0 atom stereocenters. The van der Waals surface area contributed by atoms with E-state index in [-0.39, 0.29) is 5.91 Å². The highest BCUT2D eigenvalue weighted by atomic mass is 79.9. The van der Waals surface area contributed by atoms with Crippen LogP contribution in [0.5, 0.6) is 0 Å². The van der Waals surface area contributed by atoms with Crippen molar-refractivity contribution in [1.82, 2.24) is 9.88 Å². The molecule has 4 nitrogen and oxygen atoms in total. The van der Waals surface area contributed by atoms with Gasteiger partial charge in [0.05, 0.1) is 0 Å². The van der Waals surface area contributed by atoms with Gasteiger partial charge in [0, 0.05) is 37.5 Å². The molecule has 0 aliphatic rings. The molecule has 1 aromatic rings. The third kappa shape index (κ3) is 5.78. The minimum absolute atomic E-state index is 0.00546. The second-order valence-corrected chi connectivity index (χ2v) is 5.46. The molecule has 1 rings (SSSR count). The lowest BCUT2D eigenvalue weighted by Crippen LogP contribution is -2.26. The van der Waals surface area contributed by atoms with Gasteiger partial charge in [0.25, 0.3) is 5.91 Å². The van der Waals surface area contributed by atoms with E-state index in [0.717, 1.165) is 55.5 Å². The second kappa shape index (κ2) is 9.15. The Morgan fingerprint density at radius 1 is 1.42 bits per heavy atom. The SMILES string of the molecule is CCCn1cc(Br)cc1C(=O)NCCCCCOC. The highest BCUT2D eigenvalue weighted by Gasteiger charge is 2.11. The number of amides is 1. The normalized spacial score (nSPS) is 10.7. The monoisotopic (exact) mass is 330 g/mol. The molecule has 0 spiro atoms. The first-order valence-corrected chi connectivity index (χ1v) is 7.61. The van der Waals surface area contributed by atoms with Crippen LogP contribution < -0.4 is 5.32 Å². The van der Waals surface area contributed by atoms with Crippen LogP contribution in [0.15, 0.2) is 16.7 Å². The number of hydrogen-bond donors (Lipinski definition) is 1. The molecule has 0 saturated heterocycles. The number of rotatable bonds is 9. The molecule has 108 valence electrons. The van der Waals surface area contributed by atoms with Crippen LogP contribution in [0.1, 0.15) is 43.1 Å². The Morgan fingerprint density at radius 3 is 2.89 bits per heavy atom. The van der Waals surface area contributed by atoms with E-state index >= 15 is 0 Å². The molecule has 0 unspecified atom stereocenters. The Bertz CT molecular complexity index is 391. The third-order valence-electron chi connectivity index (χ3n) is 2.87. The summed E-state index contributed by atoms with van der Waals surface area (Å²) < 4.78 is 7.93. The zero-order chi connectivity index (χ0) is 14.1. The third-order valence-corrected chi connectivity index (χ3v) is 3.30. The fraction of sp³-hybridized carbons (Fsp3) is 0.643. The molecule has 0 radical (unpaired) electrons. The van der Waals surface area contributed by atoms with Gasteiger partial charge in [-0.25, -0.2) is 0 Å². The molecule has 0 bridgehead atoms. The van der Waals surface area contributed by atoms with Crippen LogP contribution in [0.3, 0.4) is 0 Å². The Balaban J connectivity index is 2.36. The maximum Gasteiger partial charge on any atom is 0.267 e. The first-order valence-electron chi connectivity index (χ1n) is 6.81. The number of unbranched alkanes of at least 4 members (excludes halogenated alkanes) is 2. The fourth-order valence-corrected chi connectivity index (χ4v) is 2.40. The van der Waals surface area contributed by atoms with Gasteiger partial charge in [-0.1, -0.05) is 6.92 Å². The molecular weight excluding hydrogens is 308 g/mol. The Morgan fingerprint density at radius 2 is 2.21 bits per heavy atom. The second-order valence-electron chi connectivity index (χ2n) is 4.55. The number of carbonyl (C=O) groups excluding carboxylic acids is 1. The standard InChI is InChI=1S/C14H23BrN2O2/c1-3-8-17-11-12(15)10-13(17)14(18)16-7-5-4-6-9-19-2/h10-11H,3-9H2,1-2H3,(H,16,18). The van der Waals surface area contributed by atoms with Crippen LogP contribution in [-0.2, 0) is 11.3 Å². The number of hydrogen-bond acceptors (Lipinski definition) is 2. The highest BCUT2D eigenvalue weighted by molar-refractivity contribution is 9.10. The lowest BCUT2D eigenvalue weighted by Gasteiger charge is -2.08. The zero-order valence-corrected chi connectivity index (χ0v) is 13.3. The van der Waals surface area contributed by atoms with Gasteiger partial charge in [0.2, 0.25) is 0 Å². The van der Waals surface area contributed by atoms with Gasteiger partial charge in [-0.3, -0.25) is 4.79 Å². The molecule has 0 aromatic carbocycles. The molecule has 1 N–H and O–H groups in total. The summed E-state index contributed by atoms with van der Waals surface area (Å²) in [7, 11) is 1.71. The Kier molecular flexibility index (Phi) is 7.82. The predicted molar refractivity (Wildman–Crippen MR) is 80.5 cm³/mol. The summed E-state index contributed by atoms with van der Waals surface area (Å²) in [4.78, 5) is 12.1. The van der Waals surface area contributed by atoms with Crippen molar-refractivity contribution < 1.29 is 9.53 Å². The number of aromatic nitrogens is 1. The fourth-order valence-electron chi connectivity index (χ4n) is 1.93. The number of ether oxygens (including phenoxy) is 1. The van der Waals surface area contributed by atoms with Crippen LogP contribution in [-0.4, -0.2) is 30.7 Å². The average Bonchev–Trinajstić information content (AvgIpc) is 2.75. The number of carbonyl (C=O) groups is 1. The summed E-state index contributed by atoms with van der Waals surface area (Å²) in [6.07, 6.45) is 6.08. The molecule has 19 heavy (non-hydrogen) atoms. The number of nitrogens with one attached hydrogen (secondary N) is 1. The van der Waals surface area contributed by atoms with Gasteiger partial charge >= 0.3 is 0 Å². The van der Waals surface area contributed by atoms with E-state index in [0.29, 0.717) is 0 Å². The van der Waals surface area contributed by atoms with Gasteiger partial charge < -0.3 is 14.6 Å². The number of aryl methyl sites for hydroxylation is 1. The molecule has 0 aliphatic carbocycles. The zero-order valence-electron chi connectivity index (χ0n) is 11.7. The molecule has 0 saturated carbocycles. The maximum atomic E-state index is 12.1. The van der Waals surface area contributed by atoms with E-state index in [1.165, 1.54) is 0 Å². The molecule has 1 amide bonds. The quantitative estimate of drug-likeness (QED) is 0.706. The Hall–Kier alpha value is -0.810. The molecule has 0 fully saturated rings. The predicted octanol–water partition coefficient (Wildman–Crippen LogP) is 3.21. The largest absolute Gasteiger partial charge is 0.385 e. The maximum absolute atomic E-state index is 12.1. The van der Waals surface area contributed by atoms with E-state index in [4.69, 9.17) is 4.74 Å². The van der Waals surface area contributed by atoms with Crippen molar-refractivity contribution in [3.8, 4) is 0 Å². The lowest BCUT2D eigenvalue weighted by atomic mass is 10.2. The molecule has 1 aromatic heterocycles. The summed E-state index contributed by atoms with van der Waals surface area (Å²) in [5, 5.41) is 2.97. The van der Waals surface area contributed by atoms with Gasteiger partial charge in [-0.05, 0) is 47.7 Å². The minimum Gasteiger partial charge on any atom is -0.385 e. The lowest BCUT2D eigenvalue weighted by molar-refractivity contribution is 0.0943. The van der Waals surface area contributed by atoms with Crippen molar-refractivity contribution in [2.45, 2.75) is 39.2 Å². The summed E-state index contributed by atoms with van der Waals surface area (Å²) in [6, 6.07) is 1.87. The van der Waals surface area contributed by atoms with Gasteiger partial charge in [-0.2, -0.15) is 0 Å². The summed E-state index contributed by atoms with van der Waals surface area (Å²) >= 11 is 3.42. The Labute approximate surface area is 123 Å². The number of methoxy groups -OCH3 is 1. The van der Waals surface area contributed by atoms with E-state index in [1.807, 2.05) is 16.8 Å². The molecular formula is C14H23BrN2O2. The summed E-state index contributed by atoms with van der Waals surface area (Å²) in [5.41, 5.74) is 0.727. The first-order chi connectivity index (χ1) is 9.19. The van der Waals surface area contributed by atoms with Gasteiger partial charge in [0.1, 0.15) is 5.69 Å². The molecule has 0 aliphatic heterocycles. The van der Waals surface area contributed by atoms with E-state index in [1.54, 1.807) is 7.11 Å². The van der Waals surface area contributed by atoms with Crippen LogP contribution >= 0.6 is 15.9 Å². The van der Waals surface area contributed by atoms with Crippen molar-refractivity contribution >= 4 is 21.8 Å². The van der Waals surface area contributed by atoms with Crippen molar-refractivity contribution in [1.29, 1.82) is 0 Å². The van der Waals surface area contributed by atoms with Crippen LogP contribution in [0.2, 0.25) is 0 Å². The average molecular weight is 331 g/mol. The summed E-state index contributed by atoms with van der Waals surface area (Å²) in [6.45, 7) is 4.48. The van der Waals surface area contributed by atoms with Gasteiger partial charge in [0.15, 0.2) is 0 Å². The minimum atomic E-state index is 0.00546. The van der Waals surface area contributed by atoms with Crippen molar-refractivity contribution in [3.05, 3.63) is 22.4 Å². The van der Waals surface area contributed by atoms with Crippen molar-refractivity contribution in [2.75, 3.05) is 20.3 Å². The van der Waals surface area contributed by atoms with Crippen molar-refractivity contribution in [3.63, 3.8) is 0 Å².